The van der Waals surface area contributed by atoms with Gasteiger partial charge in [-0.1, -0.05) is 41.5 Å². The third kappa shape index (κ3) is 3.21. The Bertz CT molecular complexity index is 694. The lowest BCUT2D eigenvalue weighted by molar-refractivity contribution is -0.584. The van der Waals surface area contributed by atoms with Gasteiger partial charge < -0.3 is 9.16 Å². The summed E-state index contributed by atoms with van der Waals surface area (Å²) >= 11 is 0. The van der Waals surface area contributed by atoms with Crippen molar-refractivity contribution in [2.24, 2.45) is 0 Å². The third-order valence-electron chi connectivity index (χ3n) is 6.86. The molecule has 148 valence electrons. The van der Waals surface area contributed by atoms with Gasteiger partial charge in [0.25, 0.3) is 0 Å². The molecule has 4 nitrogen and oxygen atoms in total. The molecule has 0 N–H and O–H groups in total. The molecule has 3 heterocycles. The number of terminal acetylenes is 1. The van der Waals surface area contributed by atoms with Crippen LogP contribution in [0.25, 0.3) is 0 Å². The fourth-order valence-electron chi connectivity index (χ4n) is 5.81. The molecule has 1 saturated carbocycles. The van der Waals surface area contributed by atoms with Gasteiger partial charge in [0.05, 0.1) is 6.42 Å². The number of esters is 1. The Kier molecular flexibility index (Phi) is 5.44. The number of ether oxygens (including phenoxy) is 1. The Morgan fingerprint density at radius 1 is 1.30 bits per heavy atom. The van der Waals surface area contributed by atoms with E-state index < -0.39 is 13.9 Å². The lowest BCUT2D eigenvalue weighted by Crippen LogP contribution is -2.63. The van der Waals surface area contributed by atoms with Crippen LogP contribution < -0.4 is 0 Å². The molecule has 1 fully saturated rings. The smallest absolute Gasteiger partial charge is 0.332 e. The largest absolute Gasteiger partial charge is 0.441 e. The van der Waals surface area contributed by atoms with Crippen LogP contribution in [0.5, 0.6) is 0 Å². The predicted octanol–water partition coefficient (Wildman–Crippen LogP) is 4.05. The number of fused-ring (bicyclic) bond motifs is 1. The van der Waals surface area contributed by atoms with Crippen molar-refractivity contribution in [1.29, 1.82) is 0 Å². The standard InChI is InChI=1S/C22H34NO3Si/c1-8-9-10-23-14-22-13-20(19(23)11-18(22)12-21(24)25-22)26-27(15(2)3,16(4)5)17(6)7/h1,12,14-17,19-20H,9-11,13H2,2-7H3/q+1. The van der Waals surface area contributed by atoms with Crippen molar-refractivity contribution in [2.45, 2.75) is 95.2 Å². The third-order valence-corrected chi connectivity index (χ3v) is 13.0. The zero-order valence-electron chi connectivity index (χ0n) is 17.6. The molecule has 4 aliphatic rings. The average Bonchev–Trinajstić information content (AvgIpc) is 2.90. The second-order valence-electron chi connectivity index (χ2n) is 9.25. The molecule has 0 aromatic rings. The summed E-state index contributed by atoms with van der Waals surface area (Å²) in [7, 11) is -2.02. The molecule has 3 atom stereocenters. The number of nitrogens with zero attached hydrogens (tertiary/aromatic N) is 1. The van der Waals surface area contributed by atoms with Crippen molar-refractivity contribution in [3.05, 3.63) is 11.6 Å². The molecule has 5 heteroatoms. The Morgan fingerprint density at radius 2 is 1.93 bits per heavy atom. The number of rotatable bonds is 7. The fraction of sp³-hybridized carbons (Fsp3) is 0.727. The molecule has 27 heavy (non-hydrogen) atoms. The molecule has 0 amide bonds. The lowest BCUT2D eigenvalue weighted by Gasteiger charge is -2.49. The highest BCUT2D eigenvalue weighted by molar-refractivity contribution is 6.77. The van der Waals surface area contributed by atoms with Crippen LogP contribution >= 0.6 is 0 Å². The van der Waals surface area contributed by atoms with Gasteiger partial charge in [-0.05, 0) is 22.2 Å². The Balaban J connectivity index is 1.96. The molecule has 2 bridgehead atoms. The zero-order valence-corrected chi connectivity index (χ0v) is 18.6. The van der Waals surface area contributed by atoms with Crippen LogP contribution in [-0.2, 0) is 14.0 Å². The van der Waals surface area contributed by atoms with Crippen LogP contribution in [0.1, 0.15) is 60.8 Å². The van der Waals surface area contributed by atoms with E-state index in [1.54, 1.807) is 6.08 Å². The van der Waals surface area contributed by atoms with Crippen molar-refractivity contribution in [2.75, 3.05) is 6.54 Å². The van der Waals surface area contributed by atoms with Crippen LogP contribution in [0.3, 0.4) is 0 Å². The highest BCUT2D eigenvalue weighted by Gasteiger charge is 2.61. The van der Waals surface area contributed by atoms with Crippen molar-refractivity contribution < 1.29 is 18.5 Å². The molecule has 3 aliphatic heterocycles. The van der Waals surface area contributed by atoms with E-state index in [4.69, 9.17) is 15.6 Å². The molecule has 1 aliphatic carbocycles. The van der Waals surface area contributed by atoms with Gasteiger partial charge in [0, 0.05) is 18.9 Å². The van der Waals surface area contributed by atoms with E-state index >= 15 is 0 Å². The van der Waals surface area contributed by atoms with Gasteiger partial charge >= 0.3 is 5.97 Å². The quantitative estimate of drug-likeness (QED) is 0.286. The van der Waals surface area contributed by atoms with E-state index in [2.05, 4.69) is 58.3 Å². The molecule has 0 aromatic carbocycles. The summed E-state index contributed by atoms with van der Waals surface area (Å²) in [5.41, 5.74) is 2.08. The van der Waals surface area contributed by atoms with E-state index in [-0.39, 0.29) is 18.1 Å². The summed E-state index contributed by atoms with van der Waals surface area (Å²) in [5.74, 6) is 2.52. The van der Waals surface area contributed by atoms with Gasteiger partial charge in [-0.15, -0.1) is 12.3 Å². The Morgan fingerprint density at radius 3 is 2.48 bits per heavy atom. The highest BCUT2D eigenvalue weighted by atomic mass is 28.4. The van der Waals surface area contributed by atoms with Gasteiger partial charge in [-0.3, -0.25) is 0 Å². The fourth-order valence-corrected chi connectivity index (χ4v) is 11.4. The minimum absolute atomic E-state index is 0.0784. The molecule has 0 aromatic heterocycles. The highest BCUT2D eigenvalue weighted by Crippen LogP contribution is 2.49. The topological polar surface area (TPSA) is 38.5 Å². The van der Waals surface area contributed by atoms with Gasteiger partial charge in [0.15, 0.2) is 18.8 Å². The van der Waals surface area contributed by atoms with Crippen molar-refractivity contribution in [1.82, 2.24) is 0 Å². The Labute approximate surface area is 165 Å². The molecule has 3 unspecified atom stereocenters. The summed E-state index contributed by atoms with van der Waals surface area (Å²) in [4.78, 5) is 12.0. The van der Waals surface area contributed by atoms with Crippen molar-refractivity contribution >= 4 is 20.5 Å². The normalized spacial score (nSPS) is 29.7. The molecule has 1 spiro atoms. The Hall–Kier alpha value is -1.38. The summed E-state index contributed by atoms with van der Waals surface area (Å²) in [6, 6.07) is 0.240. The summed E-state index contributed by atoms with van der Waals surface area (Å²) in [6.07, 6.45) is 11.6. The van der Waals surface area contributed by atoms with Crippen molar-refractivity contribution in [3.63, 3.8) is 0 Å². The molecule has 0 saturated heterocycles. The minimum Gasteiger partial charge on any atom is -0.441 e. The summed E-state index contributed by atoms with van der Waals surface area (Å²) < 4.78 is 15.3. The second kappa shape index (κ2) is 7.22. The lowest BCUT2D eigenvalue weighted by atomic mass is 9.74. The molecular formula is C22H34NO3Si+. The summed E-state index contributed by atoms with van der Waals surface area (Å²) in [5, 5.41) is 0. The number of carbonyl (C=O) groups is 1. The first-order valence-electron chi connectivity index (χ1n) is 10.3. The van der Waals surface area contributed by atoms with Crippen molar-refractivity contribution in [3.8, 4) is 12.3 Å². The molecule has 0 radical (unpaired) electrons. The van der Waals surface area contributed by atoms with Gasteiger partial charge in [-0.25, -0.2) is 9.37 Å². The van der Waals surface area contributed by atoms with Crippen LogP contribution in [0.2, 0.25) is 16.6 Å². The minimum atomic E-state index is -2.02. The van der Waals surface area contributed by atoms with E-state index in [0.29, 0.717) is 23.0 Å². The first-order chi connectivity index (χ1) is 12.7. The van der Waals surface area contributed by atoms with E-state index in [1.165, 1.54) is 0 Å². The maximum absolute atomic E-state index is 12.0. The van der Waals surface area contributed by atoms with Gasteiger partial charge in [0.1, 0.15) is 6.10 Å². The first kappa shape index (κ1) is 20.4. The van der Waals surface area contributed by atoms with Gasteiger partial charge in [-0.2, -0.15) is 0 Å². The second-order valence-corrected chi connectivity index (χ2v) is 14.7. The average molecular weight is 389 g/mol. The maximum Gasteiger partial charge on any atom is 0.332 e. The van der Waals surface area contributed by atoms with Crippen LogP contribution in [-0.4, -0.2) is 49.4 Å². The van der Waals surface area contributed by atoms with Gasteiger partial charge in [0.2, 0.25) is 13.9 Å². The number of hydrogen-bond acceptors (Lipinski definition) is 3. The molecular weight excluding hydrogens is 354 g/mol. The summed E-state index contributed by atoms with van der Waals surface area (Å²) in [6.45, 7) is 14.7. The van der Waals surface area contributed by atoms with Crippen LogP contribution in [0.4, 0.5) is 0 Å². The van der Waals surface area contributed by atoms with E-state index in [9.17, 15) is 4.79 Å². The van der Waals surface area contributed by atoms with Crippen LogP contribution in [0, 0.1) is 12.3 Å². The zero-order chi connectivity index (χ0) is 20.0. The van der Waals surface area contributed by atoms with Crippen LogP contribution in [0.15, 0.2) is 11.6 Å². The molecule has 4 rings (SSSR count). The SMILES string of the molecule is C#CCC[N+]1=CC23CC(O[Si](C(C)C)(C(C)C)C(C)C)C1CC2=CC(=O)O3. The first-order valence-corrected chi connectivity index (χ1v) is 12.5. The maximum atomic E-state index is 12.0. The van der Waals surface area contributed by atoms with E-state index in [0.717, 1.165) is 25.0 Å². The number of hydrogen-bond donors (Lipinski definition) is 0. The number of carbonyl (C=O) groups excluding carboxylic acids is 1. The monoisotopic (exact) mass is 388 g/mol. The van der Waals surface area contributed by atoms with E-state index in [1.807, 2.05) is 0 Å². The predicted molar refractivity (Wildman–Crippen MR) is 110 cm³/mol.